The Morgan fingerprint density at radius 3 is 2.80 bits per heavy atom. The number of aryl methyl sites for hydroxylation is 1. The molecule has 0 unspecified atom stereocenters. The van der Waals surface area contributed by atoms with Crippen molar-refractivity contribution in [2.45, 2.75) is 76.9 Å². The quantitative estimate of drug-likeness (QED) is 0.828. The first kappa shape index (κ1) is 19.2. The number of benzene rings is 1. The van der Waals surface area contributed by atoms with Crippen LogP contribution in [0.25, 0.3) is 0 Å². The molecule has 0 atom stereocenters. The molecule has 1 aromatic carbocycles. The highest BCUT2D eigenvalue weighted by Crippen LogP contribution is 2.36. The summed E-state index contributed by atoms with van der Waals surface area (Å²) in [5.41, 5.74) is 0.776. The van der Waals surface area contributed by atoms with Crippen LogP contribution >= 0.6 is 0 Å². The van der Waals surface area contributed by atoms with Gasteiger partial charge in [0.05, 0.1) is 6.54 Å². The lowest BCUT2D eigenvalue weighted by atomic mass is 9.96. The van der Waals surface area contributed by atoms with E-state index in [1.165, 1.54) is 25.7 Å². The molecule has 3 heterocycles. The molecule has 0 saturated heterocycles. The molecule has 1 aliphatic carbocycles. The molecule has 5 rings (SSSR count). The Labute approximate surface area is 176 Å². The SMILES string of the molecule is O=C(NC1CCCCC1)N(Cc1nnc2n1CCCCC2)c1ccc2c(c1)OCO2. The van der Waals surface area contributed by atoms with Crippen LogP contribution < -0.4 is 19.7 Å². The number of anilines is 1. The fraction of sp³-hybridized carbons (Fsp3) is 0.591. The topological polar surface area (TPSA) is 81.5 Å². The number of nitrogens with zero attached hydrogens (tertiary/aromatic N) is 4. The molecule has 1 saturated carbocycles. The summed E-state index contributed by atoms with van der Waals surface area (Å²) >= 11 is 0. The Balaban J connectivity index is 1.42. The van der Waals surface area contributed by atoms with Crippen molar-refractivity contribution in [3.05, 3.63) is 29.8 Å². The van der Waals surface area contributed by atoms with E-state index in [2.05, 4.69) is 20.1 Å². The van der Waals surface area contributed by atoms with Gasteiger partial charge < -0.3 is 19.4 Å². The number of carbonyl (C=O) groups excluding carboxylic acids is 1. The summed E-state index contributed by atoms with van der Waals surface area (Å²) in [6.07, 6.45) is 10.1. The van der Waals surface area contributed by atoms with Crippen molar-refractivity contribution in [2.75, 3.05) is 11.7 Å². The minimum atomic E-state index is -0.0910. The summed E-state index contributed by atoms with van der Waals surface area (Å²) in [4.78, 5) is 15.1. The standard InChI is InChI=1S/C22H29N5O3/c28-22(23-16-7-3-1-4-8-16)27(17-10-11-18-19(13-17)30-15-29-18)14-21-25-24-20-9-5-2-6-12-26(20)21/h10-11,13,16H,1-9,12,14-15H2,(H,23,28). The molecule has 8 nitrogen and oxygen atoms in total. The molecule has 8 heteroatoms. The first-order chi connectivity index (χ1) is 14.8. The van der Waals surface area contributed by atoms with Crippen molar-refractivity contribution in [1.82, 2.24) is 20.1 Å². The fourth-order valence-electron chi connectivity index (χ4n) is 4.64. The number of rotatable bonds is 4. The molecule has 30 heavy (non-hydrogen) atoms. The third kappa shape index (κ3) is 3.95. The van der Waals surface area contributed by atoms with Crippen LogP contribution in [-0.4, -0.2) is 33.6 Å². The van der Waals surface area contributed by atoms with E-state index >= 15 is 0 Å². The lowest BCUT2D eigenvalue weighted by molar-refractivity contribution is 0.174. The summed E-state index contributed by atoms with van der Waals surface area (Å²) in [5.74, 6) is 3.25. The molecular weight excluding hydrogens is 382 g/mol. The number of carbonyl (C=O) groups is 1. The van der Waals surface area contributed by atoms with Crippen LogP contribution in [0.15, 0.2) is 18.2 Å². The Kier molecular flexibility index (Phi) is 5.46. The first-order valence-electron chi connectivity index (χ1n) is 11.2. The second kappa shape index (κ2) is 8.53. The van der Waals surface area contributed by atoms with Gasteiger partial charge in [0.1, 0.15) is 5.82 Å². The molecule has 0 spiro atoms. The maximum absolute atomic E-state index is 13.4. The van der Waals surface area contributed by atoms with Crippen molar-refractivity contribution >= 4 is 11.7 Å². The van der Waals surface area contributed by atoms with Crippen molar-refractivity contribution in [2.24, 2.45) is 0 Å². The highest BCUT2D eigenvalue weighted by atomic mass is 16.7. The molecule has 0 radical (unpaired) electrons. The van der Waals surface area contributed by atoms with Crippen molar-refractivity contribution in [3.63, 3.8) is 0 Å². The van der Waals surface area contributed by atoms with E-state index in [-0.39, 0.29) is 18.9 Å². The van der Waals surface area contributed by atoms with E-state index in [0.717, 1.165) is 56.0 Å². The molecule has 0 bridgehead atoms. The minimum absolute atomic E-state index is 0.0910. The van der Waals surface area contributed by atoms with E-state index in [4.69, 9.17) is 9.47 Å². The third-order valence-electron chi connectivity index (χ3n) is 6.33. The summed E-state index contributed by atoms with van der Waals surface area (Å²) < 4.78 is 13.2. The molecule has 1 fully saturated rings. The number of ether oxygens (including phenoxy) is 2. The van der Waals surface area contributed by atoms with E-state index in [1.807, 2.05) is 18.2 Å². The van der Waals surface area contributed by atoms with Gasteiger partial charge in [-0.3, -0.25) is 4.90 Å². The largest absolute Gasteiger partial charge is 0.454 e. The van der Waals surface area contributed by atoms with Crippen LogP contribution in [-0.2, 0) is 19.5 Å². The number of hydrogen-bond donors (Lipinski definition) is 1. The average Bonchev–Trinajstić information content (AvgIpc) is 3.32. The van der Waals surface area contributed by atoms with Crippen LogP contribution in [0, 0.1) is 0 Å². The number of urea groups is 1. The predicted octanol–water partition coefficient (Wildman–Crippen LogP) is 3.78. The molecule has 2 aliphatic heterocycles. The van der Waals surface area contributed by atoms with Gasteiger partial charge >= 0.3 is 6.03 Å². The molecule has 2 aromatic rings. The van der Waals surface area contributed by atoms with Gasteiger partial charge in [-0.1, -0.05) is 25.7 Å². The zero-order chi connectivity index (χ0) is 20.3. The van der Waals surface area contributed by atoms with Crippen molar-refractivity contribution in [3.8, 4) is 11.5 Å². The second-order valence-corrected chi connectivity index (χ2v) is 8.40. The highest BCUT2D eigenvalue weighted by molar-refractivity contribution is 5.92. The van der Waals surface area contributed by atoms with Crippen LogP contribution in [0.5, 0.6) is 11.5 Å². The number of fused-ring (bicyclic) bond motifs is 2. The van der Waals surface area contributed by atoms with Gasteiger partial charge in [0.15, 0.2) is 17.3 Å². The van der Waals surface area contributed by atoms with E-state index in [9.17, 15) is 4.79 Å². The predicted molar refractivity (Wildman–Crippen MR) is 112 cm³/mol. The Bertz CT molecular complexity index is 906. The number of aromatic nitrogens is 3. The smallest absolute Gasteiger partial charge is 0.322 e. The Hall–Kier alpha value is -2.77. The van der Waals surface area contributed by atoms with E-state index in [1.54, 1.807) is 4.90 Å². The molecule has 3 aliphatic rings. The molecule has 1 N–H and O–H groups in total. The van der Waals surface area contributed by atoms with Gasteiger partial charge in [0.25, 0.3) is 0 Å². The number of nitrogens with one attached hydrogen (secondary N) is 1. The van der Waals surface area contributed by atoms with Gasteiger partial charge in [0.2, 0.25) is 6.79 Å². The van der Waals surface area contributed by atoms with Gasteiger partial charge in [-0.2, -0.15) is 0 Å². The second-order valence-electron chi connectivity index (χ2n) is 8.40. The van der Waals surface area contributed by atoms with Crippen LogP contribution in [0.2, 0.25) is 0 Å². The van der Waals surface area contributed by atoms with Crippen LogP contribution in [0.1, 0.15) is 63.0 Å². The van der Waals surface area contributed by atoms with Gasteiger partial charge in [-0.05, 0) is 37.8 Å². The zero-order valence-corrected chi connectivity index (χ0v) is 17.3. The molecule has 160 valence electrons. The summed E-state index contributed by atoms with van der Waals surface area (Å²) in [6, 6.07) is 5.80. The number of hydrogen-bond acceptors (Lipinski definition) is 5. The summed E-state index contributed by atoms with van der Waals surface area (Å²) in [6.45, 7) is 1.51. The van der Waals surface area contributed by atoms with Gasteiger partial charge in [-0.25, -0.2) is 4.79 Å². The monoisotopic (exact) mass is 411 g/mol. The normalized spacial score (nSPS) is 18.5. The average molecular weight is 412 g/mol. The van der Waals surface area contributed by atoms with Crippen molar-refractivity contribution in [1.29, 1.82) is 0 Å². The van der Waals surface area contributed by atoms with Gasteiger partial charge in [0, 0.05) is 30.8 Å². The lowest BCUT2D eigenvalue weighted by Crippen LogP contribution is -2.45. The zero-order valence-electron chi connectivity index (χ0n) is 17.3. The summed E-state index contributed by atoms with van der Waals surface area (Å²) in [5, 5.41) is 12.1. The highest BCUT2D eigenvalue weighted by Gasteiger charge is 2.26. The third-order valence-corrected chi connectivity index (χ3v) is 6.33. The van der Waals surface area contributed by atoms with Gasteiger partial charge in [-0.15, -0.1) is 10.2 Å². The summed E-state index contributed by atoms with van der Waals surface area (Å²) in [7, 11) is 0. The van der Waals surface area contributed by atoms with Crippen LogP contribution in [0.4, 0.5) is 10.5 Å². The first-order valence-corrected chi connectivity index (χ1v) is 11.2. The van der Waals surface area contributed by atoms with E-state index in [0.29, 0.717) is 18.0 Å². The fourth-order valence-corrected chi connectivity index (χ4v) is 4.64. The Morgan fingerprint density at radius 1 is 1.07 bits per heavy atom. The van der Waals surface area contributed by atoms with Crippen molar-refractivity contribution < 1.29 is 14.3 Å². The van der Waals surface area contributed by atoms with E-state index < -0.39 is 0 Å². The molecule has 1 aromatic heterocycles. The lowest BCUT2D eigenvalue weighted by Gasteiger charge is -2.28. The maximum atomic E-state index is 13.4. The molecule has 2 amide bonds. The molecular formula is C22H29N5O3. The van der Waals surface area contributed by atoms with Crippen LogP contribution in [0.3, 0.4) is 0 Å². The maximum Gasteiger partial charge on any atom is 0.322 e. The minimum Gasteiger partial charge on any atom is -0.454 e. The number of amides is 2. The Morgan fingerprint density at radius 2 is 1.90 bits per heavy atom.